The number of alkyl halides is 2. The molecular weight excluding hydrogens is 298 g/mol. The van der Waals surface area contributed by atoms with Crippen LogP contribution in [0.1, 0.15) is 25.3 Å². The minimum absolute atomic E-state index is 0.408. The lowest BCUT2D eigenvalue weighted by molar-refractivity contribution is 0.158. The van der Waals surface area contributed by atoms with Gasteiger partial charge in [0.1, 0.15) is 6.54 Å². The van der Waals surface area contributed by atoms with Crippen LogP contribution in [0.3, 0.4) is 0 Å². The van der Waals surface area contributed by atoms with Crippen molar-refractivity contribution in [3.8, 4) is 0 Å². The van der Waals surface area contributed by atoms with Crippen molar-refractivity contribution in [3.05, 3.63) is 35.9 Å². The van der Waals surface area contributed by atoms with Crippen molar-refractivity contribution in [3.63, 3.8) is 0 Å². The Hall–Kier alpha value is -1.69. The van der Waals surface area contributed by atoms with E-state index in [1.165, 1.54) is 12.0 Å². The van der Waals surface area contributed by atoms with Crippen LogP contribution in [0.5, 0.6) is 0 Å². The molecular formula is C17H26F2N4. The number of benzene rings is 1. The number of halogens is 2. The van der Waals surface area contributed by atoms with E-state index >= 15 is 0 Å². The van der Waals surface area contributed by atoms with Gasteiger partial charge in [-0.05, 0) is 31.9 Å². The van der Waals surface area contributed by atoms with Gasteiger partial charge >= 0.3 is 0 Å². The van der Waals surface area contributed by atoms with Crippen LogP contribution in [0, 0.1) is 0 Å². The number of hydrogen-bond donors (Lipinski definition) is 2. The Morgan fingerprint density at radius 2 is 2.09 bits per heavy atom. The summed E-state index contributed by atoms with van der Waals surface area (Å²) >= 11 is 0. The van der Waals surface area contributed by atoms with E-state index in [0.717, 1.165) is 26.1 Å². The van der Waals surface area contributed by atoms with Gasteiger partial charge in [0.25, 0.3) is 6.43 Å². The predicted molar refractivity (Wildman–Crippen MR) is 89.9 cm³/mol. The van der Waals surface area contributed by atoms with Gasteiger partial charge in [0, 0.05) is 25.7 Å². The third-order valence-electron chi connectivity index (χ3n) is 3.96. The first-order valence-electron chi connectivity index (χ1n) is 8.27. The molecule has 6 heteroatoms. The number of nitrogens with zero attached hydrogens (tertiary/aromatic N) is 2. The molecule has 1 heterocycles. The van der Waals surface area contributed by atoms with Crippen molar-refractivity contribution in [1.82, 2.24) is 15.5 Å². The molecule has 4 nitrogen and oxygen atoms in total. The molecule has 0 bridgehead atoms. The van der Waals surface area contributed by atoms with E-state index in [2.05, 4.69) is 44.8 Å². The van der Waals surface area contributed by atoms with Crippen LogP contribution in [0.15, 0.2) is 35.3 Å². The van der Waals surface area contributed by atoms with E-state index in [4.69, 9.17) is 0 Å². The van der Waals surface area contributed by atoms with Gasteiger partial charge in [-0.15, -0.1) is 0 Å². The Bertz CT molecular complexity index is 479. The topological polar surface area (TPSA) is 39.7 Å². The second-order valence-corrected chi connectivity index (χ2v) is 5.74. The maximum absolute atomic E-state index is 12.3. The zero-order valence-corrected chi connectivity index (χ0v) is 13.6. The zero-order valence-electron chi connectivity index (χ0n) is 13.6. The molecule has 1 unspecified atom stereocenters. The number of nitrogens with one attached hydrogen (secondary N) is 2. The maximum atomic E-state index is 12.3. The molecule has 0 amide bonds. The van der Waals surface area contributed by atoms with Crippen LogP contribution < -0.4 is 10.6 Å². The van der Waals surface area contributed by atoms with E-state index in [0.29, 0.717) is 18.5 Å². The zero-order chi connectivity index (χ0) is 16.5. The number of guanidine groups is 1. The highest BCUT2D eigenvalue weighted by molar-refractivity contribution is 5.79. The third kappa shape index (κ3) is 6.14. The van der Waals surface area contributed by atoms with Crippen molar-refractivity contribution in [1.29, 1.82) is 0 Å². The van der Waals surface area contributed by atoms with Gasteiger partial charge in [0.15, 0.2) is 5.96 Å². The molecule has 0 saturated carbocycles. The molecule has 0 aliphatic carbocycles. The second kappa shape index (κ2) is 9.45. The monoisotopic (exact) mass is 324 g/mol. The van der Waals surface area contributed by atoms with Gasteiger partial charge in [0.05, 0.1) is 0 Å². The summed E-state index contributed by atoms with van der Waals surface area (Å²) in [6.45, 7) is 4.85. The summed E-state index contributed by atoms with van der Waals surface area (Å²) in [5.41, 5.74) is 1.30. The summed E-state index contributed by atoms with van der Waals surface area (Å²) in [4.78, 5) is 6.35. The smallest absolute Gasteiger partial charge is 0.257 e. The van der Waals surface area contributed by atoms with Crippen LogP contribution in [-0.4, -0.2) is 49.5 Å². The van der Waals surface area contributed by atoms with Crippen LogP contribution >= 0.6 is 0 Å². The Morgan fingerprint density at radius 3 is 2.78 bits per heavy atom. The Labute approximate surface area is 137 Å². The highest BCUT2D eigenvalue weighted by atomic mass is 19.3. The van der Waals surface area contributed by atoms with Crippen LogP contribution in [-0.2, 0) is 6.54 Å². The van der Waals surface area contributed by atoms with Gasteiger partial charge in [-0.25, -0.2) is 13.8 Å². The fourth-order valence-corrected chi connectivity index (χ4v) is 2.87. The summed E-state index contributed by atoms with van der Waals surface area (Å²) in [5.74, 6) is 0.472. The summed E-state index contributed by atoms with van der Waals surface area (Å²) in [6, 6.07) is 10.8. The van der Waals surface area contributed by atoms with Crippen LogP contribution in [0.4, 0.5) is 8.78 Å². The van der Waals surface area contributed by atoms with Crippen molar-refractivity contribution in [2.75, 3.05) is 26.2 Å². The lowest BCUT2D eigenvalue weighted by Gasteiger charge is -2.25. The number of hydrogen-bond acceptors (Lipinski definition) is 2. The molecule has 128 valence electrons. The molecule has 1 fully saturated rings. The van der Waals surface area contributed by atoms with Crippen LogP contribution in [0.25, 0.3) is 0 Å². The fourth-order valence-electron chi connectivity index (χ4n) is 2.87. The van der Waals surface area contributed by atoms with Crippen molar-refractivity contribution < 1.29 is 8.78 Å². The predicted octanol–water partition coefficient (Wildman–Crippen LogP) is 2.47. The summed E-state index contributed by atoms with van der Waals surface area (Å²) in [5, 5.41) is 6.21. The molecule has 2 N–H and O–H groups in total. The van der Waals surface area contributed by atoms with Crippen molar-refractivity contribution in [2.45, 2.75) is 38.8 Å². The van der Waals surface area contributed by atoms with E-state index < -0.39 is 13.0 Å². The molecule has 1 aromatic rings. The molecule has 1 aliphatic rings. The third-order valence-corrected chi connectivity index (χ3v) is 3.96. The first-order chi connectivity index (χ1) is 11.2. The number of likely N-dealkylation sites (tertiary alicyclic amines) is 1. The fraction of sp³-hybridized carbons (Fsp3) is 0.588. The maximum Gasteiger partial charge on any atom is 0.257 e. The highest BCUT2D eigenvalue weighted by Crippen LogP contribution is 2.19. The minimum Gasteiger partial charge on any atom is -0.357 e. The van der Waals surface area contributed by atoms with Gasteiger partial charge in [-0.2, -0.15) is 0 Å². The van der Waals surface area contributed by atoms with Crippen LogP contribution in [0.2, 0.25) is 0 Å². The van der Waals surface area contributed by atoms with Crippen molar-refractivity contribution in [2.24, 2.45) is 4.99 Å². The molecule has 1 saturated heterocycles. The van der Waals surface area contributed by atoms with Crippen molar-refractivity contribution >= 4 is 5.96 Å². The first-order valence-corrected chi connectivity index (χ1v) is 8.27. The average molecular weight is 324 g/mol. The van der Waals surface area contributed by atoms with E-state index in [-0.39, 0.29) is 0 Å². The SMILES string of the molecule is CCNC(=NCC(F)F)NCC1CCCN1Cc1ccccc1. The molecule has 2 rings (SSSR count). The Kier molecular flexibility index (Phi) is 7.26. The quantitative estimate of drug-likeness (QED) is 0.598. The Balaban J connectivity index is 1.86. The van der Waals surface area contributed by atoms with Gasteiger partial charge < -0.3 is 10.6 Å². The summed E-state index contributed by atoms with van der Waals surface area (Å²) in [6.07, 6.45) is -0.121. The van der Waals surface area contributed by atoms with Gasteiger partial charge in [0.2, 0.25) is 0 Å². The van der Waals surface area contributed by atoms with E-state index in [9.17, 15) is 8.78 Å². The molecule has 1 aliphatic heterocycles. The van der Waals surface area contributed by atoms with E-state index in [1.807, 2.05) is 13.0 Å². The summed E-state index contributed by atoms with van der Waals surface area (Å²) in [7, 11) is 0. The standard InChI is InChI=1S/C17H26F2N4/c1-2-20-17(22-12-16(18)19)21-11-15-9-6-10-23(15)13-14-7-4-3-5-8-14/h3-5,7-8,15-16H,2,6,9-13H2,1H3,(H2,20,21,22). The largest absolute Gasteiger partial charge is 0.357 e. The molecule has 0 radical (unpaired) electrons. The van der Waals surface area contributed by atoms with Gasteiger partial charge in [-0.3, -0.25) is 4.90 Å². The molecule has 1 atom stereocenters. The Morgan fingerprint density at radius 1 is 1.30 bits per heavy atom. The lowest BCUT2D eigenvalue weighted by Crippen LogP contribution is -2.44. The minimum atomic E-state index is -2.41. The molecule has 1 aromatic carbocycles. The molecule has 0 spiro atoms. The average Bonchev–Trinajstić information content (AvgIpc) is 2.98. The first kappa shape index (κ1) is 17.7. The lowest BCUT2D eigenvalue weighted by atomic mass is 10.2. The number of rotatable bonds is 7. The second-order valence-electron chi connectivity index (χ2n) is 5.74. The molecule has 23 heavy (non-hydrogen) atoms. The van der Waals surface area contributed by atoms with E-state index in [1.54, 1.807) is 0 Å². The molecule has 0 aromatic heterocycles. The summed E-state index contributed by atoms with van der Waals surface area (Å²) < 4.78 is 24.6. The highest BCUT2D eigenvalue weighted by Gasteiger charge is 2.24. The number of aliphatic imine (C=N–C) groups is 1. The normalized spacial score (nSPS) is 19.3. The van der Waals surface area contributed by atoms with Gasteiger partial charge in [-0.1, -0.05) is 30.3 Å².